The van der Waals surface area contributed by atoms with Gasteiger partial charge >= 0.3 is 0 Å². The molecule has 0 fully saturated rings. The molecule has 2 amide bonds. The number of anilines is 2. The molecule has 0 atom stereocenters. The van der Waals surface area contributed by atoms with Crippen LogP contribution in [0.15, 0.2) is 65.6 Å². The molecule has 3 aromatic rings. The number of hydrogen-bond donors (Lipinski definition) is 1. The van der Waals surface area contributed by atoms with Gasteiger partial charge in [-0.1, -0.05) is 43.7 Å². The highest BCUT2D eigenvalue weighted by atomic mass is 32.2. The van der Waals surface area contributed by atoms with Gasteiger partial charge < -0.3 is 10.2 Å². The molecule has 1 N–H and O–H groups in total. The molecule has 0 radical (unpaired) electrons. The number of nitrogens with one attached hydrogen (secondary N) is 1. The fourth-order valence-electron chi connectivity index (χ4n) is 3.76. The van der Waals surface area contributed by atoms with Crippen LogP contribution in [0.2, 0.25) is 0 Å². The van der Waals surface area contributed by atoms with Crippen LogP contribution in [0.4, 0.5) is 11.4 Å². The Labute approximate surface area is 175 Å². The van der Waals surface area contributed by atoms with E-state index in [4.69, 9.17) is 0 Å². The Morgan fingerprint density at radius 1 is 1.00 bits per heavy atom. The summed E-state index contributed by atoms with van der Waals surface area (Å²) in [5.41, 5.74) is 1.93. The van der Waals surface area contributed by atoms with Crippen LogP contribution in [0, 0.1) is 0 Å². The predicted octanol–water partition coefficient (Wildman–Crippen LogP) is 4.01. The normalized spacial score (nSPS) is 13.1. The molecule has 154 valence electrons. The summed E-state index contributed by atoms with van der Waals surface area (Å²) < 4.78 is 25.0. The first kappa shape index (κ1) is 20.1. The Morgan fingerprint density at radius 3 is 2.50 bits per heavy atom. The van der Waals surface area contributed by atoms with Crippen LogP contribution in [0.3, 0.4) is 0 Å². The summed E-state index contributed by atoms with van der Waals surface area (Å²) in [5.74, 6) is -1.31. The number of unbranched alkanes of at least 4 members (excludes halogenated alkanes) is 1. The minimum atomic E-state index is -3.74. The van der Waals surface area contributed by atoms with Crippen LogP contribution in [0.1, 0.15) is 30.1 Å². The lowest BCUT2D eigenvalue weighted by Crippen LogP contribution is -2.27. The first-order chi connectivity index (χ1) is 14.4. The maximum Gasteiger partial charge on any atom is 0.258 e. The van der Waals surface area contributed by atoms with Gasteiger partial charge in [0.1, 0.15) is 5.75 Å². The molecule has 7 heteroatoms. The van der Waals surface area contributed by atoms with E-state index in [0.29, 0.717) is 17.8 Å². The van der Waals surface area contributed by atoms with E-state index in [2.05, 4.69) is 12.2 Å². The number of nitrogens with zero attached hydrogens (tertiary/aromatic N) is 1. The number of benzene rings is 3. The van der Waals surface area contributed by atoms with Gasteiger partial charge in [0, 0.05) is 28.6 Å². The van der Waals surface area contributed by atoms with Gasteiger partial charge in [-0.15, -0.1) is 0 Å². The van der Waals surface area contributed by atoms with Gasteiger partial charge in [0.25, 0.3) is 5.91 Å². The summed E-state index contributed by atoms with van der Waals surface area (Å²) in [4.78, 5) is 27.2. The highest BCUT2D eigenvalue weighted by molar-refractivity contribution is 7.92. The molecule has 1 aliphatic rings. The Bertz CT molecular complexity index is 1240. The van der Waals surface area contributed by atoms with Gasteiger partial charge in [-0.05, 0) is 36.8 Å². The standard InChI is InChI=1S/C23H22N2O4S/c1-2-3-14-25-20-13-12-19(17-10-7-11-18(22(17)20)23(25)27)24-21(26)15-30(28,29)16-8-5-4-6-9-16/h4-13H,2-3,14-15H2,1H3,(H,24,26). The average molecular weight is 423 g/mol. The van der Waals surface area contributed by atoms with Crippen LogP contribution < -0.4 is 10.2 Å². The molecule has 0 spiro atoms. The molecular weight excluding hydrogens is 400 g/mol. The largest absolute Gasteiger partial charge is 0.325 e. The first-order valence-corrected chi connectivity index (χ1v) is 11.5. The van der Waals surface area contributed by atoms with E-state index in [0.717, 1.165) is 29.3 Å². The minimum absolute atomic E-state index is 0.0424. The van der Waals surface area contributed by atoms with Gasteiger partial charge in [-0.2, -0.15) is 0 Å². The summed E-state index contributed by atoms with van der Waals surface area (Å²) in [6.45, 7) is 2.71. The van der Waals surface area contributed by atoms with Crippen molar-refractivity contribution in [3.63, 3.8) is 0 Å². The van der Waals surface area contributed by atoms with E-state index in [1.165, 1.54) is 12.1 Å². The smallest absolute Gasteiger partial charge is 0.258 e. The van der Waals surface area contributed by atoms with Gasteiger partial charge in [0.05, 0.1) is 10.6 Å². The van der Waals surface area contributed by atoms with Crippen LogP contribution in [-0.2, 0) is 14.6 Å². The monoisotopic (exact) mass is 422 g/mol. The van der Waals surface area contributed by atoms with E-state index in [1.807, 2.05) is 12.1 Å². The van der Waals surface area contributed by atoms with E-state index >= 15 is 0 Å². The number of carbonyl (C=O) groups is 2. The summed E-state index contributed by atoms with van der Waals surface area (Å²) in [5, 5.41) is 4.24. The summed E-state index contributed by atoms with van der Waals surface area (Å²) in [6.07, 6.45) is 1.88. The quantitative estimate of drug-likeness (QED) is 0.624. The van der Waals surface area contributed by atoms with Crippen molar-refractivity contribution in [2.75, 3.05) is 22.5 Å². The maximum atomic E-state index is 12.8. The Hall–Kier alpha value is -3.19. The van der Waals surface area contributed by atoms with Crippen LogP contribution >= 0.6 is 0 Å². The fraction of sp³-hybridized carbons (Fsp3) is 0.217. The van der Waals surface area contributed by atoms with Crippen molar-refractivity contribution in [3.05, 3.63) is 66.2 Å². The second-order valence-electron chi connectivity index (χ2n) is 7.29. The second-order valence-corrected chi connectivity index (χ2v) is 9.28. The Balaban J connectivity index is 1.63. The molecular formula is C23H22N2O4S. The molecule has 0 aromatic heterocycles. The molecule has 0 unspecified atom stereocenters. The maximum absolute atomic E-state index is 12.8. The highest BCUT2D eigenvalue weighted by Gasteiger charge is 2.30. The molecule has 0 saturated carbocycles. The summed E-state index contributed by atoms with van der Waals surface area (Å²) in [7, 11) is -3.74. The zero-order chi connectivity index (χ0) is 21.3. The lowest BCUT2D eigenvalue weighted by Gasteiger charge is -2.17. The van der Waals surface area contributed by atoms with Crippen molar-refractivity contribution in [2.45, 2.75) is 24.7 Å². The average Bonchev–Trinajstić information content (AvgIpc) is 3.01. The third kappa shape index (κ3) is 3.57. The van der Waals surface area contributed by atoms with Gasteiger partial charge in [0.15, 0.2) is 9.84 Å². The number of rotatable bonds is 7. The highest BCUT2D eigenvalue weighted by Crippen LogP contribution is 2.40. The zero-order valence-corrected chi connectivity index (χ0v) is 17.4. The second kappa shape index (κ2) is 7.91. The number of amides is 2. The molecule has 1 aliphatic heterocycles. The third-order valence-corrected chi connectivity index (χ3v) is 6.85. The SMILES string of the molecule is CCCCN1C(=O)c2cccc3c(NC(=O)CS(=O)(=O)c4ccccc4)ccc1c23. The number of hydrogen-bond acceptors (Lipinski definition) is 4. The fourth-order valence-corrected chi connectivity index (χ4v) is 4.92. The van der Waals surface area contributed by atoms with E-state index < -0.39 is 21.5 Å². The van der Waals surface area contributed by atoms with Crippen LogP contribution in [0.25, 0.3) is 10.8 Å². The van der Waals surface area contributed by atoms with Crippen molar-refractivity contribution >= 4 is 43.8 Å². The molecule has 0 bridgehead atoms. The lowest BCUT2D eigenvalue weighted by atomic mass is 10.0. The van der Waals surface area contributed by atoms with Crippen LogP contribution in [-0.4, -0.2) is 32.5 Å². The number of carbonyl (C=O) groups excluding carboxylic acids is 2. The van der Waals surface area contributed by atoms with Crippen molar-refractivity contribution in [3.8, 4) is 0 Å². The van der Waals surface area contributed by atoms with E-state index in [1.54, 1.807) is 41.3 Å². The molecule has 4 rings (SSSR count). The molecule has 0 saturated heterocycles. The topological polar surface area (TPSA) is 83.6 Å². The van der Waals surface area contributed by atoms with Crippen molar-refractivity contribution in [1.82, 2.24) is 0 Å². The van der Waals surface area contributed by atoms with E-state index in [9.17, 15) is 18.0 Å². The van der Waals surface area contributed by atoms with E-state index in [-0.39, 0.29) is 10.8 Å². The van der Waals surface area contributed by atoms with Crippen molar-refractivity contribution in [2.24, 2.45) is 0 Å². The summed E-state index contributed by atoms with van der Waals surface area (Å²) >= 11 is 0. The van der Waals surface area contributed by atoms with Gasteiger partial charge in [-0.25, -0.2) is 8.42 Å². The lowest BCUT2D eigenvalue weighted by molar-refractivity contribution is -0.113. The first-order valence-electron chi connectivity index (χ1n) is 9.87. The number of sulfone groups is 1. The molecule has 0 aliphatic carbocycles. The zero-order valence-electron chi connectivity index (χ0n) is 16.6. The molecule has 6 nitrogen and oxygen atoms in total. The minimum Gasteiger partial charge on any atom is -0.325 e. The predicted molar refractivity (Wildman–Crippen MR) is 118 cm³/mol. The van der Waals surface area contributed by atoms with Crippen molar-refractivity contribution < 1.29 is 18.0 Å². The third-order valence-electron chi connectivity index (χ3n) is 5.22. The molecule has 1 heterocycles. The van der Waals surface area contributed by atoms with Gasteiger partial charge in [0.2, 0.25) is 5.91 Å². The van der Waals surface area contributed by atoms with Crippen molar-refractivity contribution in [1.29, 1.82) is 0 Å². The molecule has 30 heavy (non-hydrogen) atoms. The molecule has 3 aromatic carbocycles. The van der Waals surface area contributed by atoms with Gasteiger partial charge in [-0.3, -0.25) is 9.59 Å². The Morgan fingerprint density at radius 2 is 1.77 bits per heavy atom. The Kier molecular flexibility index (Phi) is 5.30. The van der Waals surface area contributed by atoms with Crippen LogP contribution in [0.5, 0.6) is 0 Å². The summed E-state index contributed by atoms with van der Waals surface area (Å²) in [6, 6.07) is 16.8.